The van der Waals surface area contributed by atoms with E-state index >= 15 is 0 Å². The van der Waals surface area contributed by atoms with Gasteiger partial charge in [0.2, 0.25) is 12.4 Å². The Balaban J connectivity index is 1.59. The predicted molar refractivity (Wildman–Crippen MR) is 108 cm³/mol. The number of benzene rings is 1. The molecule has 2 aliphatic rings. The number of likely N-dealkylation sites (tertiary alicyclic amines) is 1. The third-order valence-corrected chi connectivity index (χ3v) is 6.08. The molecule has 0 aliphatic carbocycles. The summed E-state index contributed by atoms with van der Waals surface area (Å²) in [5, 5.41) is 7.32. The Labute approximate surface area is 169 Å². The molecule has 1 amide bonds. The molecule has 0 atom stereocenters. The summed E-state index contributed by atoms with van der Waals surface area (Å²) < 4.78 is 18.8. The van der Waals surface area contributed by atoms with Crippen LogP contribution in [0.1, 0.15) is 24.8 Å². The van der Waals surface area contributed by atoms with Gasteiger partial charge in [0.05, 0.1) is 12.3 Å². The van der Waals surface area contributed by atoms with Gasteiger partial charge in [-0.25, -0.2) is 4.39 Å². The molecular weight excluding hydrogens is 373 g/mol. The number of ether oxygens (including phenoxy) is 1. The molecule has 2 aliphatic heterocycles. The van der Waals surface area contributed by atoms with Gasteiger partial charge in [0, 0.05) is 37.9 Å². The third-order valence-electron chi connectivity index (χ3n) is 6.08. The van der Waals surface area contributed by atoms with Gasteiger partial charge in [-0.3, -0.25) is 14.8 Å². The summed E-state index contributed by atoms with van der Waals surface area (Å²) in [4.78, 5) is 19.9. The van der Waals surface area contributed by atoms with E-state index in [1.165, 1.54) is 17.0 Å². The van der Waals surface area contributed by atoms with Gasteiger partial charge in [0.15, 0.2) is 5.82 Å². The lowest BCUT2D eigenvalue weighted by Crippen LogP contribution is -2.48. The molecule has 0 bridgehead atoms. The zero-order valence-corrected chi connectivity index (χ0v) is 16.8. The maximum atomic E-state index is 13.2. The van der Waals surface area contributed by atoms with E-state index < -0.39 is 0 Å². The molecule has 3 heterocycles. The van der Waals surface area contributed by atoms with Gasteiger partial charge in [-0.15, -0.1) is 0 Å². The van der Waals surface area contributed by atoms with Crippen LogP contribution in [0.3, 0.4) is 0 Å². The summed E-state index contributed by atoms with van der Waals surface area (Å²) >= 11 is 0. The highest BCUT2D eigenvalue weighted by molar-refractivity contribution is 5.90. The highest BCUT2D eigenvalue weighted by Gasteiger charge is 2.39. The second-order valence-corrected chi connectivity index (χ2v) is 7.97. The number of aromatic nitrogens is 2. The fraction of sp³-hybridized carbons (Fsp3) is 0.476. The van der Waals surface area contributed by atoms with E-state index in [1.807, 2.05) is 6.92 Å². The molecule has 0 saturated carbocycles. The van der Waals surface area contributed by atoms with Crippen LogP contribution >= 0.6 is 0 Å². The summed E-state index contributed by atoms with van der Waals surface area (Å²) in [6.07, 6.45) is 3.94. The molecule has 1 aromatic carbocycles. The molecule has 8 heteroatoms. The van der Waals surface area contributed by atoms with Gasteiger partial charge in [-0.05, 0) is 55.9 Å². The number of nitrogens with zero attached hydrogens (tertiary/aromatic N) is 4. The van der Waals surface area contributed by atoms with Crippen molar-refractivity contribution in [1.82, 2.24) is 20.0 Å². The third kappa shape index (κ3) is 3.89. The van der Waals surface area contributed by atoms with E-state index in [9.17, 15) is 9.18 Å². The van der Waals surface area contributed by atoms with Crippen LogP contribution in [-0.4, -0.2) is 65.7 Å². The SMILES string of the molecule is Cc1c(-c2ccc(F)cc2)n[nH]c1/N=C(\N(C)C=O)N1CCC2(CCOC2)CC1. The number of amides is 1. The maximum Gasteiger partial charge on any atom is 0.216 e. The van der Waals surface area contributed by atoms with Crippen molar-refractivity contribution in [1.29, 1.82) is 0 Å². The summed E-state index contributed by atoms with van der Waals surface area (Å²) in [6.45, 7) is 5.25. The van der Waals surface area contributed by atoms with Crippen LogP contribution in [0.5, 0.6) is 0 Å². The zero-order valence-electron chi connectivity index (χ0n) is 16.8. The molecule has 0 radical (unpaired) electrons. The molecule has 2 fully saturated rings. The second kappa shape index (κ2) is 7.94. The van der Waals surface area contributed by atoms with E-state index in [1.54, 1.807) is 19.2 Å². The van der Waals surface area contributed by atoms with Crippen molar-refractivity contribution in [2.24, 2.45) is 10.4 Å². The van der Waals surface area contributed by atoms with Crippen molar-refractivity contribution in [3.8, 4) is 11.3 Å². The summed E-state index contributed by atoms with van der Waals surface area (Å²) in [5.74, 6) is 0.911. The number of rotatable bonds is 3. The van der Waals surface area contributed by atoms with Crippen LogP contribution in [-0.2, 0) is 9.53 Å². The number of aliphatic imine (C=N–C) groups is 1. The first-order chi connectivity index (χ1) is 14.0. The normalized spacial score (nSPS) is 19.0. The minimum absolute atomic E-state index is 0.279. The van der Waals surface area contributed by atoms with Crippen molar-refractivity contribution in [3.05, 3.63) is 35.6 Å². The fourth-order valence-corrected chi connectivity index (χ4v) is 4.13. The monoisotopic (exact) mass is 399 g/mol. The first-order valence-electron chi connectivity index (χ1n) is 9.92. The van der Waals surface area contributed by atoms with Gasteiger partial charge in [-0.1, -0.05) is 0 Å². The largest absolute Gasteiger partial charge is 0.381 e. The number of H-pyrrole nitrogens is 1. The molecule has 0 unspecified atom stereocenters. The van der Waals surface area contributed by atoms with Crippen LogP contribution in [0.4, 0.5) is 10.2 Å². The quantitative estimate of drug-likeness (QED) is 0.489. The molecule has 4 rings (SSSR count). The lowest BCUT2D eigenvalue weighted by molar-refractivity contribution is -0.114. The van der Waals surface area contributed by atoms with Crippen molar-refractivity contribution in [2.75, 3.05) is 33.4 Å². The van der Waals surface area contributed by atoms with E-state index in [0.29, 0.717) is 11.8 Å². The standard InChI is InChI=1S/C21H26FN5O2/c1-15-18(16-3-5-17(22)6-4-16)24-25-19(15)23-20(26(2)14-28)27-10-7-21(8-11-27)9-12-29-13-21/h3-6,14H,7-13H2,1-2H3,(H,24,25)/b23-20+. The van der Waals surface area contributed by atoms with Gasteiger partial charge < -0.3 is 9.64 Å². The van der Waals surface area contributed by atoms with E-state index in [2.05, 4.69) is 15.1 Å². The maximum absolute atomic E-state index is 13.2. The fourth-order valence-electron chi connectivity index (χ4n) is 4.13. The van der Waals surface area contributed by atoms with Crippen molar-refractivity contribution < 1.29 is 13.9 Å². The van der Waals surface area contributed by atoms with Crippen molar-refractivity contribution in [2.45, 2.75) is 26.2 Å². The number of hydrogen-bond acceptors (Lipinski definition) is 4. The van der Waals surface area contributed by atoms with Gasteiger partial charge in [0.25, 0.3) is 0 Å². The first-order valence-corrected chi connectivity index (χ1v) is 9.92. The van der Waals surface area contributed by atoms with Crippen molar-refractivity contribution >= 4 is 18.2 Å². The van der Waals surface area contributed by atoms with Gasteiger partial charge in [0.1, 0.15) is 5.82 Å². The summed E-state index contributed by atoms with van der Waals surface area (Å²) in [6, 6.07) is 6.21. The number of aromatic amines is 1. The molecule has 2 saturated heterocycles. The minimum atomic E-state index is -0.286. The van der Waals surface area contributed by atoms with Crippen molar-refractivity contribution in [3.63, 3.8) is 0 Å². The zero-order chi connectivity index (χ0) is 20.4. The Bertz CT molecular complexity index is 892. The molecule has 29 heavy (non-hydrogen) atoms. The number of carbonyl (C=O) groups is 1. The average molecular weight is 399 g/mol. The van der Waals surface area contributed by atoms with Gasteiger partial charge >= 0.3 is 0 Å². The minimum Gasteiger partial charge on any atom is -0.381 e. The highest BCUT2D eigenvalue weighted by Crippen LogP contribution is 2.39. The molecular formula is C21H26FN5O2. The van der Waals surface area contributed by atoms with Crippen LogP contribution in [0.15, 0.2) is 29.3 Å². The lowest BCUT2D eigenvalue weighted by Gasteiger charge is -2.40. The lowest BCUT2D eigenvalue weighted by atomic mass is 9.78. The molecule has 2 aromatic rings. The number of carbonyl (C=O) groups excluding carboxylic acids is 1. The molecule has 1 aromatic heterocycles. The highest BCUT2D eigenvalue weighted by atomic mass is 19.1. The van der Waals surface area contributed by atoms with Crippen LogP contribution < -0.4 is 0 Å². The van der Waals surface area contributed by atoms with E-state index in [-0.39, 0.29) is 11.2 Å². The van der Waals surface area contributed by atoms with E-state index in [4.69, 9.17) is 9.73 Å². The topological polar surface area (TPSA) is 73.8 Å². The van der Waals surface area contributed by atoms with Crippen LogP contribution in [0, 0.1) is 18.2 Å². The Hall–Kier alpha value is -2.74. The second-order valence-electron chi connectivity index (χ2n) is 7.97. The Kier molecular flexibility index (Phi) is 5.36. The molecule has 7 nitrogen and oxygen atoms in total. The number of hydrogen-bond donors (Lipinski definition) is 1. The summed E-state index contributed by atoms with van der Waals surface area (Å²) in [5.41, 5.74) is 2.66. The Morgan fingerprint density at radius 1 is 1.31 bits per heavy atom. The van der Waals surface area contributed by atoms with Gasteiger partial charge in [-0.2, -0.15) is 10.1 Å². The average Bonchev–Trinajstić information content (AvgIpc) is 3.34. The Morgan fingerprint density at radius 3 is 2.66 bits per heavy atom. The first kappa shape index (κ1) is 19.6. The number of piperidine rings is 1. The number of guanidine groups is 1. The molecule has 154 valence electrons. The summed E-state index contributed by atoms with van der Waals surface area (Å²) in [7, 11) is 1.71. The smallest absolute Gasteiger partial charge is 0.216 e. The van der Waals surface area contributed by atoms with Crippen LogP contribution in [0.25, 0.3) is 11.3 Å². The predicted octanol–water partition coefficient (Wildman–Crippen LogP) is 3.10. The van der Waals surface area contributed by atoms with E-state index in [0.717, 1.165) is 68.8 Å². The molecule has 1 spiro atoms. The number of halogens is 1. The Morgan fingerprint density at radius 2 is 2.03 bits per heavy atom. The number of nitrogens with one attached hydrogen (secondary N) is 1. The molecule has 1 N–H and O–H groups in total. The van der Waals surface area contributed by atoms with Crippen LogP contribution in [0.2, 0.25) is 0 Å².